The quantitative estimate of drug-likeness (QED) is 0.653. The predicted octanol–water partition coefficient (Wildman–Crippen LogP) is 1.57. The van der Waals surface area contributed by atoms with Crippen LogP contribution in [0.5, 0.6) is 0 Å². The van der Waals surface area contributed by atoms with E-state index in [0.29, 0.717) is 6.67 Å². The zero-order chi connectivity index (χ0) is 11.3. The SMILES string of the molecule is CCCCCCN1C=CN(S(C)(=O)=O)C1. The van der Waals surface area contributed by atoms with Crippen molar-refractivity contribution in [3.05, 3.63) is 12.4 Å². The predicted molar refractivity (Wildman–Crippen MR) is 61.5 cm³/mol. The minimum absolute atomic E-state index is 0.477. The second-order valence-electron chi connectivity index (χ2n) is 3.96. The highest BCUT2D eigenvalue weighted by atomic mass is 32.2. The summed E-state index contributed by atoms with van der Waals surface area (Å²) < 4.78 is 23.8. The number of nitrogens with zero attached hydrogens (tertiary/aromatic N) is 2. The molecule has 0 amide bonds. The minimum atomic E-state index is -3.07. The maximum atomic E-state index is 11.2. The third-order valence-electron chi connectivity index (χ3n) is 2.49. The summed E-state index contributed by atoms with van der Waals surface area (Å²) in [4.78, 5) is 2.04. The summed E-state index contributed by atoms with van der Waals surface area (Å²) >= 11 is 0. The summed E-state index contributed by atoms with van der Waals surface area (Å²) in [6.07, 6.45) is 9.56. The van der Waals surface area contributed by atoms with Gasteiger partial charge >= 0.3 is 0 Å². The van der Waals surface area contributed by atoms with E-state index in [1.54, 1.807) is 6.20 Å². The highest BCUT2D eigenvalue weighted by molar-refractivity contribution is 7.88. The molecule has 0 bridgehead atoms. The van der Waals surface area contributed by atoms with Gasteiger partial charge in [-0.15, -0.1) is 0 Å². The molecule has 1 aliphatic rings. The van der Waals surface area contributed by atoms with Gasteiger partial charge in [0.2, 0.25) is 10.0 Å². The van der Waals surface area contributed by atoms with Crippen molar-refractivity contribution in [2.24, 2.45) is 0 Å². The average Bonchev–Trinajstić information content (AvgIpc) is 2.60. The molecule has 0 unspecified atom stereocenters. The van der Waals surface area contributed by atoms with E-state index in [9.17, 15) is 8.42 Å². The van der Waals surface area contributed by atoms with Gasteiger partial charge in [0, 0.05) is 18.9 Å². The first-order chi connectivity index (χ1) is 7.04. The fraction of sp³-hybridized carbons (Fsp3) is 0.800. The molecule has 15 heavy (non-hydrogen) atoms. The number of sulfonamides is 1. The van der Waals surface area contributed by atoms with Crippen molar-refractivity contribution in [3.63, 3.8) is 0 Å². The topological polar surface area (TPSA) is 40.6 Å². The van der Waals surface area contributed by atoms with Crippen molar-refractivity contribution in [3.8, 4) is 0 Å². The van der Waals surface area contributed by atoms with Crippen LogP contribution < -0.4 is 0 Å². The Kier molecular flexibility index (Phi) is 4.45. The van der Waals surface area contributed by atoms with Crippen molar-refractivity contribution < 1.29 is 8.42 Å². The van der Waals surface area contributed by atoms with E-state index in [2.05, 4.69) is 6.92 Å². The molecule has 0 saturated heterocycles. The molecule has 0 aromatic carbocycles. The van der Waals surface area contributed by atoms with Crippen LogP contribution in [0.2, 0.25) is 0 Å². The lowest BCUT2D eigenvalue weighted by molar-refractivity contribution is 0.326. The summed E-state index contributed by atoms with van der Waals surface area (Å²) in [6, 6.07) is 0. The second kappa shape index (κ2) is 5.39. The lowest BCUT2D eigenvalue weighted by Crippen LogP contribution is -2.30. The highest BCUT2D eigenvalue weighted by Gasteiger charge is 2.19. The van der Waals surface area contributed by atoms with Crippen LogP contribution in [0.1, 0.15) is 32.6 Å². The molecule has 5 heteroatoms. The molecule has 0 aromatic heterocycles. The molecule has 0 radical (unpaired) electrons. The Bertz CT molecular complexity index is 311. The number of hydrogen-bond acceptors (Lipinski definition) is 3. The summed E-state index contributed by atoms with van der Waals surface area (Å²) in [6.45, 7) is 3.61. The van der Waals surface area contributed by atoms with Crippen molar-refractivity contribution in [1.29, 1.82) is 0 Å². The molecule has 0 saturated carbocycles. The molecule has 0 fully saturated rings. The van der Waals surface area contributed by atoms with Crippen LogP contribution in [-0.2, 0) is 10.0 Å². The molecule has 88 valence electrons. The molecule has 0 atom stereocenters. The van der Waals surface area contributed by atoms with Crippen LogP contribution in [-0.4, -0.2) is 37.1 Å². The van der Waals surface area contributed by atoms with Gasteiger partial charge in [-0.3, -0.25) is 4.31 Å². The zero-order valence-corrected chi connectivity index (χ0v) is 10.3. The van der Waals surface area contributed by atoms with Crippen molar-refractivity contribution >= 4 is 10.0 Å². The summed E-state index contributed by atoms with van der Waals surface area (Å²) in [7, 11) is -3.07. The summed E-state index contributed by atoms with van der Waals surface area (Å²) in [5.74, 6) is 0. The van der Waals surface area contributed by atoms with Gasteiger partial charge in [0.15, 0.2) is 0 Å². The molecular weight excluding hydrogens is 212 g/mol. The number of hydrogen-bond donors (Lipinski definition) is 0. The van der Waals surface area contributed by atoms with Gasteiger partial charge in [0.1, 0.15) is 6.67 Å². The number of unbranched alkanes of at least 4 members (excludes halogenated alkanes) is 3. The molecular formula is C10H20N2O2S. The largest absolute Gasteiger partial charge is 0.358 e. The maximum Gasteiger partial charge on any atom is 0.233 e. The molecule has 4 nitrogen and oxygen atoms in total. The third kappa shape index (κ3) is 4.11. The van der Waals surface area contributed by atoms with Crippen molar-refractivity contribution in [2.75, 3.05) is 19.5 Å². The minimum Gasteiger partial charge on any atom is -0.358 e. The first-order valence-electron chi connectivity index (χ1n) is 5.43. The molecule has 0 spiro atoms. The van der Waals surface area contributed by atoms with Crippen molar-refractivity contribution in [2.45, 2.75) is 32.6 Å². The van der Waals surface area contributed by atoms with E-state index >= 15 is 0 Å². The van der Waals surface area contributed by atoms with Gasteiger partial charge in [0.05, 0.1) is 6.26 Å². The van der Waals surface area contributed by atoms with Crippen LogP contribution in [0.4, 0.5) is 0 Å². The van der Waals surface area contributed by atoms with E-state index in [1.807, 2.05) is 11.1 Å². The fourth-order valence-electron chi connectivity index (χ4n) is 1.54. The van der Waals surface area contributed by atoms with Gasteiger partial charge in [-0.1, -0.05) is 26.2 Å². The first kappa shape index (κ1) is 12.4. The maximum absolute atomic E-state index is 11.2. The fourth-order valence-corrected chi connectivity index (χ4v) is 2.18. The van der Waals surface area contributed by atoms with Gasteiger partial charge in [-0.2, -0.15) is 0 Å². The second-order valence-corrected chi connectivity index (χ2v) is 5.90. The Morgan fingerprint density at radius 3 is 2.47 bits per heavy atom. The normalized spacial score (nSPS) is 16.4. The zero-order valence-electron chi connectivity index (χ0n) is 9.52. The standard InChI is InChI=1S/C10H20N2O2S/c1-3-4-5-6-7-11-8-9-12(10-11)15(2,13)14/h8-9H,3-7,10H2,1-2H3. The highest BCUT2D eigenvalue weighted by Crippen LogP contribution is 2.11. The van der Waals surface area contributed by atoms with E-state index in [-0.39, 0.29) is 0 Å². The van der Waals surface area contributed by atoms with E-state index in [4.69, 9.17) is 0 Å². The average molecular weight is 232 g/mol. The van der Waals surface area contributed by atoms with Crippen LogP contribution in [0.3, 0.4) is 0 Å². The van der Waals surface area contributed by atoms with E-state index < -0.39 is 10.0 Å². The molecule has 1 heterocycles. The van der Waals surface area contributed by atoms with Gasteiger partial charge in [-0.05, 0) is 6.42 Å². The summed E-state index contributed by atoms with van der Waals surface area (Å²) in [5, 5.41) is 0. The van der Waals surface area contributed by atoms with Crippen LogP contribution >= 0.6 is 0 Å². The third-order valence-corrected chi connectivity index (χ3v) is 3.58. The van der Waals surface area contributed by atoms with Crippen LogP contribution in [0.25, 0.3) is 0 Å². The van der Waals surface area contributed by atoms with E-state index in [0.717, 1.165) is 13.0 Å². The molecule has 1 rings (SSSR count). The van der Waals surface area contributed by atoms with Crippen LogP contribution in [0.15, 0.2) is 12.4 Å². The van der Waals surface area contributed by atoms with Crippen molar-refractivity contribution in [1.82, 2.24) is 9.21 Å². The molecule has 1 aliphatic heterocycles. The lowest BCUT2D eigenvalue weighted by Gasteiger charge is -2.19. The Hall–Kier alpha value is -0.710. The Labute approximate surface area is 92.6 Å². The molecule has 0 N–H and O–H groups in total. The van der Waals surface area contributed by atoms with Gasteiger partial charge < -0.3 is 4.90 Å². The van der Waals surface area contributed by atoms with E-state index in [1.165, 1.54) is 29.8 Å². The molecule has 0 aliphatic carbocycles. The monoisotopic (exact) mass is 232 g/mol. The summed E-state index contributed by atoms with van der Waals surface area (Å²) in [5.41, 5.74) is 0. The molecule has 0 aromatic rings. The van der Waals surface area contributed by atoms with Crippen LogP contribution in [0, 0.1) is 0 Å². The Morgan fingerprint density at radius 2 is 1.93 bits per heavy atom. The smallest absolute Gasteiger partial charge is 0.233 e. The lowest BCUT2D eigenvalue weighted by atomic mass is 10.2. The van der Waals surface area contributed by atoms with Gasteiger partial charge in [0.25, 0.3) is 0 Å². The Morgan fingerprint density at radius 1 is 1.20 bits per heavy atom. The Balaban J connectivity index is 2.24. The first-order valence-corrected chi connectivity index (χ1v) is 7.28. The number of rotatable bonds is 6. The van der Waals surface area contributed by atoms with Gasteiger partial charge in [-0.25, -0.2) is 8.42 Å².